The van der Waals surface area contributed by atoms with Gasteiger partial charge in [0, 0.05) is 11.3 Å². The minimum Gasteiger partial charge on any atom is -0.410 e. The van der Waals surface area contributed by atoms with Crippen LogP contribution in [0.15, 0.2) is 30.3 Å². The number of hydrogen-bond donors (Lipinski definition) is 1. The van der Waals surface area contributed by atoms with E-state index in [9.17, 15) is 4.79 Å². The summed E-state index contributed by atoms with van der Waals surface area (Å²) in [4.78, 5) is 11.7. The van der Waals surface area contributed by atoms with Crippen molar-refractivity contribution in [1.82, 2.24) is 5.32 Å². The van der Waals surface area contributed by atoms with Crippen LogP contribution in [-0.4, -0.2) is 23.6 Å². The molecule has 0 radical (unpaired) electrons. The summed E-state index contributed by atoms with van der Waals surface area (Å²) in [7, 11) is 0. The Labute approximate surface area is 113 Å². The number of thioether (sulfide) groups is 1. The third-order valence-corrected chi connectivity index (χ3v) is 4.82. The fraction of sp³-hybridized carbons (Fsp3) is 0.500. The SMILES string of the molecule is CCC(CC)(CNC(=O)Oc1ccccc1)SC. The molecule has 0 aliphatic carbocycles. The summed E-state index contributed by atoms with van der Waals surface area (Å²) in [6.07, 6.45) is 3.74. The van der Waals surface area contributed by atoms with E-state index < -0.39 is 0 Å². The third kappa shape index (κ3) is 4.26. The van der Waals surface area contributed by atoms with E-state index in [1.54, 1.807) is 23.9 Å². The quantitative estimate of drug-likeness (QED) is 0.854. The number of para-hydroxylation sites is 1. The number of nitrogens with one attached hydrogen (secondary N) is 1. The van der Waals surface area contributed by atoms with Crippen molar-refractivity contribution in [2.24, 2.45) is 0 Å². The number of rotatable bonds is 6. The van der Waals surface area contributed by atoms with Crippen LogP contribution >= 0.6 is 11.8 Å². The zero-order chi connectivity index (χ0) is 13.4. The Kier molecular flexibility index (Phi) is 6.05. The van der Waals surface area contributed by atoms with Gasteiger partial charge in [0.15, 0.2) is 0 Å². The highest BCUT2D eigenvalue weighted by molar-refractivity contribution is 8.00. The molecule has 0 spiro atoms. The standard InChI is InChI=1S/C14H21NO2S/c1-4-14(5-2,18-3)11-15-13(16)17-12-9-7-6-8-10-12/h6-10H,4-5,11H2,1-3H3,(H,15,16). The van der Waals surface area contributed by atoms with Gasteiger partial charge in [0.25, 0.3) is 0 Å². The van der Waals surface area contributed by atoms with E-state index in [0.717, 1.165) is 12.8 Å². The molecule has 1 N–H and O–H groups in total. The van der Waals surface area contributed by atoms with Gasteiger partial charge >= 0.3 is 6.09 Å². The van der Waals surface area contributed by atoms with Crippen LogP contribution in [0.25, 0.3) is 0 Å². The van der Waals surface area contributed by atoms with Crippen molar-refractivity contribution in [1.29, 1.82) is 0 Å². The van der Waals surface area contributed by atoms with Crippen LogP contribution in [0, 0.1) is 0 Å². The minimum absolute atomic E-state index is 0.107. The zero-order valence-electron chi connectivity index (χ0n) is 11.2. The van der Waals surface area contributed by atoms with E-state index in [1.165, 1.54) is 0 Å². The second-order valence-electron chi connectivity index (χ2n) is 4.15. The van der Waals surface area contributed by atoms with Gasteiger partial charge in [-0.2, -0.15) is 11.8 Å². The smallest absolute Gasteiger partial charge is 0.410 e. The monoisotopic (exact) mass is 267 g/mol. The van der Waals surface area contributed by atoms with Gasteiger partial charge in [0.1, 0.15) is 5.75 Å². The van der Waals surface area contributed by atoms with Crippen molar-refractivity contribution in [3.8, 4) is 5.75 Å². The highest BCUT2D eigenvalue weighted by Crippen LogP contribution is 2.29. The summed E-state index contributed by atoms with van der Waals surface area (Å²) >= 11 is 1.80. The van der Waals surface area contributed by atoms with Crippen molar-refractivity contribution in [3.05, 3.63) is 30.3 Å². The molecule has 0 saturated heterocycles. The molecule has 3 nitrogen and oxygen atoms in total. The fourth-order valence-electron chi connectivity index (χ4n) is 1.73. The number of hydrogen-bond acceptors (Lipinski definition) is 3. The van der Waals surface area contributed by atoms with Crippen molar-refractivity contribution in [2.75, 3.05) is 12.8 Å². The molecule has 0 fully saturated rings. The summed E-state index contributed by atoms with van der Waals surface area (Å²) in [6.45, 7) is 4.92. The average molecular weight is 267 g/mol. The van der Waals surface area contributed by atoms with Gasteiger partial charge in [-0.15, -0.1) is 0 Å². The second-order valence-corrected chi connectivity index (χ2v) is 5.42. The van der Waals surface area contributed by atoms with Crippen molar-refractivity contribution in [2.45, 2.75) is 31.4 Å². The second kappa shape index (κ2) is 7.31. The van der Waals surface area contributed by atoms with E-state index in [0.29, 0.717) is 12.3 Å². The van der Waals surface area contributed by atoms with Crippen LogP contribution < -0.4 is 10.1 Å². The molecule has 0 atom stereocenters. The molecule has 0 aliphatic heterocycles. The van der Waals surface area contributed by atoms with Gasteiger partial charge in [-0.25, -0.2) is 4.79 Å². The van der Waals surface area contributed by atoms with Gasteiger partial charge in [-0.05, 0) is 31.2 Å². The normalized spacial score (nSPS) is 11.1. The van der Waals surface area contributed by atoms with Gasteiger partial charge in [0.05, 0.1) is 0 Å². The number of ether oxygens (including phenoxy) is 1. The summed E-state index contributed by atoms with van der Waals surface area (Å²) < 4.78 is 5.29. The van der Waals surface area contributed by atoms with E-state index >= 15 is 0 Å². The summed E-state index contributed by atoms with van der Waals surface area (Å²) in [5.74, 6) is 0.567. The number of carbonyl (C=O) groups is 1. The molecule has 0 bridgehead atoms. The Balaban J connectivity index is 2.46. The fourth-order valence-corrected chi connectivity index (χ4v) is 2.52. The maximum absolute atomic E-state index is 11.7. The highest BCUT2D eigenvalue weighted by Gasteiger charge is 2.25. The maximum atomic E-state index is 11.7. The Hall–Kier alpha value is -1.16. The van der Waals surface area contributed by atoms with Crippen molar-refractivity contribution < 1.29 is 9.53 Å². The molecule has 4 heteroatoms. The van der Waals surface area contributed by atoms with Crippen LogP contribution in [0.3, 0.4) is 0 Å². The Morgan fingerprint density at radius 1 is 1.28 bits per heavy atom. The maximum Gasteiger partial charge on any atom is 0.412 e. The molecule has 1 amide bonds. The number of benzene rings is 1. The lowest BCUT2D eigenvalue weighted by atomic mass is 10.0. The molecule has 0 heterocycles. The van der Waals surface area contributed by atoms with E-state index in [2.05, 4.69) is 25.4 Å². The molecule has 1 aromatic carbocycles. The van der Waals surface area contributed by atoms with Gasteiger partial charge < -0.3 is 10.1 Å². The number of carbonyl (C=O) groups excluding carboxylic acids is 1. The first kappa shape index (κ1) is 14.9. The molecule has 0 saturated carbocycles. The average Bonchev–Trinajstić information content (AvgIpc) is 2.42. The van der Waals surface area contributed by atoms with Crippen LogP contribution in [0.4, 0.5) is 4.79 Å². The summed E-state index contributed by atoms with van der Waals surface area (Å²) in [5, 5.41) is 2.84. The van der Waals surface area contributed by atoms with Crippen LogP contribution in [0.1, 0.15) is 26.7 Å². The number of amides is 1. The lowest BCUT2D eigenvalue weighted by Crippen LogP contribution is -2.40. The Morgan fingerprint density at radius 3 is 2.39 bits per heavy atom. The van der Waals surface area contributed by atoms with Gasteiger partial charge in [0.2, 0.25) is 0 Å². The first-order chi connectivity index (χ1) is 8.65. The molecule has 100 valence electrons. The van der Waals surface area contributed by atoms with Crippen molar-refractivity contribution in [3.63, 3.8) is 0 Å². The molecular weight excluding hydrogens is 246 g/mol. The van der Waals surface area contributed by atoms with E-state index in [1.807, 2.05) is 18.2 Å². The predicted octanol–water partition coefficient (Wildman–Crippen LogP) is 3.70. The lowest BCUT2D eigenvalue weighted by molar-refractivity contribution is 0.199. The van der Waals surface area contributed by atoms with Crippen LogP contribution in [-0.2, 0) is 0 Å². The zero-order valence-corrected chi connectivity index (χ0v) is 12.0. The minimum atomic E-state index is -0.387. The summed E-state index contributed by atoms with van der Waals surface area (Å²) in [5.41, 5.74) is 0. The first-order valence-corrected chi connectivity index (χ1v) is 7.44. The largest absolute Gasteiger partial charge is 0.412 e. The molecule has 18 heavy (non-hydrogen) atoms. The molecular formula is C14H21NO2S. The summed E-state index contributed by atoms with van der Waals surface area (Å²) in [6, 6.07) is 9.10. The molecule has 0 aromatic heterocycles. The highest BCUT2D eigenvalue weighted by atomic mass is 32.2. The van der Waals surface area contributed by atoms with E-state index in [-0.39, 0.29) is 10.8 Å². The molecule has 1 aromatic rings. The van der Waals surface area contributed by atoms with Gasteiger partial charge in [-0.3, -0.25) is 0 Å². The topological polar surface area (TPSA) is 38.3 Å². The van der Waals surface area contributed by atoms with Crippen LogP contribution in [0.2, 0.25) is 0 Å². The predicted molar refractivity (Wildman–Crippen MR) is 77.3 cm³/mol. The molecule has 1 rings (SSSR count). The first-order valence-electron chi connectivity index (χ1n) is 6.21. The van der Waals surface area contributed by atoms with Crippen LogP contribution in [0.5, 0.6) is 5.75 Å². The lowest BCUT2D eigenvalue weighted by Gasteiger charge is -2.29. The van der Waals surface area contributed by atoms with Crippen molar-refractivity contribution >= 4 is 17.9 Å². The van der Waals surface area contributed by atoms with Gasteiger partial charge in [-0.1, -0.05) is 32.0 Å². The Bertz CT molecular complexity index is 355. The molecule has 0 aliphatic rings. The third-order valence-electron chi connectivity index (χ3n) is 3.23. The Morgan fingerprint density at radius 2 is 1.89 bits per heavy atom. The van der Waals surface area contributed by atoms with E-state index in [4.69, 9.17) is 4.74 Å². The molecule has 0 unspecified atom stereocenters.